The summed E-state index contributed by atoms with van der Waals surface area (Å²) in [6.07, 6.45) is 6.52. The molecule has 3 aromatic heterocycles. The first-order valence-corrected chi connectivity index (χ1v) is 12.9. The topological polar surface area (TPSA) is 125 Å². The van der Waals surface area contributed by atoms with E-state index in [1.54, 1.807) is 12.1 Å². The number of amides is 1. The fourth-order valence-electron chi connectivity index (χ4n) is 5.84. The van der Waals surface area contributed by atoms with Crippen molar-refractivity contribution in [3.8, 4) is 11.5 Å². The quantitative estimate of drug-likeness (QED) is 0.482. The number of halogens is 1. The number of rotatable bonds is 7. The van der Waals surface area contributed by atoms with Crippen molar-refractivity contribution in [2.45, 2.75) is 56.2 Å². The second kappa shape index (κ2) is 9.63. The lowest BCUT2D eigenvalue weighted by Crippen LogP contribution is -2.63. The van der Waals surface area contributed by atoms with Gasteiger partial charge in [-0.05, 0) is 44.6 Å². The first kappa shape index (κ1) is 24.7. The normalized spacial score (nSPS) is 23.9. The molecule has 3 fully saturated rings. The summed E-state index contributed by atoms with van der Waals surface area (Å²) in [7, 11) is 0. The van der Waals surface area contributed by atoms with E-state index in [0.717, 1.165) is 25.7 Å². The van der Waals surface area contributed by atoms with Crippen molar-refractivity contribution >= 4 is 16.9 Å². The van der Waals surface area contributed by atoms with Crippen molar-refractivity contribution in [3.05, 3.63) is 58.0 Å². The summed E-state index contributed by atoms with van der Waals surface area (Å²) in [5.74, 6) is 0.274. The molecule has 6 heterocycles. The van der Waals surface area contributed by atoms with Crippen LogP contribution < -0.4 is 20.3 Å². The van der Waals surface area contributed by atoms with E-state index in [1.165, 1.54) is 23.0 Å². The SMILES string of the molecule is O=C(NC12CCC(CCc3c(F)cnc4ccc(=O)n(CCO)c34)(CC1)OC2)c1cc2c(cn1)OCCO2. The van der Waals surface area contributed by atoms with Crippen LogP contribution in [0.25, 0.3) is 11.0 Å². The average Bonchev–Trinajstić information content (AvgIpc) is 2.95. The van der Waals surface area contributed by atoms with Crippen LogP contribution in [-0.4, -0.2) is 63.1 Å². The Morgan fingerprint density at radius 1 is 1.11 bits per heavy atom. The van der Waals surface area contributed by atoms with E-state index in [2.05, 4.69) is 15.3 Å². The Kier molecular flexibility index (Phi) is 6.27. The second-order valence-corrected chi connectivity index (χ2v) is 10.3. The molecule has 3 aliphatic heterocycles. The van der Waals surface area contributed by atoms with Gasteiger partial charge in [-0.2, -0.15) is 0 Å². The molecule has 38 heavy (non-hydrogen) atoms. The van der Waals surface area contributed by atoms with Crippen LogP contribution >= 0.6 is 0 Å². The summed E-state index contributed by atoms with van der Waals surface area (Å²) < 4.78 is 33.8. The maximum atomic E-state index is 15.0. The van der Waals surface area contributed by atoms with E-state index < -0.39 is 17.0 Å². The predicted molar refractivity (Wildman–Crippen MR) is 134 cm³/mol. The van der Waals surface area contributed by atoms with Crippen molar-refractivity contribution < 1.29 is 28.5 Å². The maximum absolute atomic E-state index is 15.0. The van der Waals surface area contributed by atoms with Gasteiger partial charge in [-0.15, -0.1) is 0 Å². The second-order valence-electron chi connectivity index (χ2n) is 10.3. The fraction of sp³-hybridized carbons (Fsp3) is 0.481. The summed E-state index contributed by atoms with van der Waals surface area (Å²) in [4.78, 5) is 33.8. The monoisotopic (exact) mass is 524 g/mol. The van der Waals surface area contributed by atoms with Crippen molar-refractivity contribution in [2.75, 3.05) is 26.4 Å². The third-order valence-corrected chi connectivity index (χ3v) is 8.02. The molecule has 10 nitrogen and oxygen atoms in total. The number of fused-ring (bicyclic) bond motifs is 5. The summed E-state index contributed by atoms with van der Waals surface area (Å²) in [5, 5.41) is 12.6. The number of aromatic nitrogens is 3. The number of ether oxygens (including phenoxy) is 3. The van der Waals surface area contributed by atoms with Gasteiger partial charge < -0.3 is 29.2 Å². The van der Waals surface area contributed by atoms with Gasteiger partial charge in [0.2, 0.25) is 0 Å². The molecule has 0 atom stereocenters. The number of hydrogen-bond donors (Lipinski definition) is 2. The van der Waals surface area contributed by atoms with Crippen LogP contribution in [-0.2, 0) is 17.7 Å². The van der Waals surface area contributed by atoms with Crippen LogP contribution in [0.4, 0.5) is 4.39 Å². The first-order valence-electron chi connectivity index (χ1n) is 12.9. The van der Waals surface area contributed by atoms with Crippen molar-refractivity contribution in [1.29, 1.82) is 0 Å². The lowest BCUT2D eigenvalue weighted by atomic mass is 9.69. The Balaban J connectivity index is 1.15. The van der Waals surface area contributed by atoms with Gasteiger partial charge in [-0.1, -0.05) is 0 Å². The molecule has 2 bridgehead atoms. The molecule has 2 N–H and O–H groups in total. The molecule has 0 aromatic carbocycles. The smallest absolute Gasteiger partial charge is 0.270 e. The minimum Gasteiger partial charge on any atom is -0.486 e. The molecule has 11 heteroatoms. The third kappa shape index (κ3) is 4.39. The molecule has 1 aliphatic carbocycles. The van der Waals surface area contributed by atoms with Gasteiger partial charge in [0.15, 0.2) is 11.5 Å². The van der Waals surface area contributed by atoms with Gasteiger partial charge in [0.1, 0.15) is 24.7 Å². The van der Waals surface area contributed by atoms with E-state index in [4.69, 9.17) is 14.2 Å². The highest BCUT2D eigenvalue weighted by atomic mass is 19.1. The number of carbonyl (C=O) groups excluding carboxylic acids is 1. The van der Waals surface area contributed by atoms with Crippen LogP contribution in [0.5, 0.6) is 11.5 Å². The molecule has 2 saturated heterocycles. The molecular weight excluding hydrogens is 495 g/mol. The number of aryl methyl sites for hydroxylation is 1. The number of aliphatic hydroxyl groups is 1. The lowest BCUT2D eigenvalue weighted by molar-refractivity contribution is -0.162. The number of hydrogen-bond acceptors (Lipinski definition) is 8. The molecule has 7 rings (SSSR count). The van der Waals surface area contributed by atoms with Gasteiger partial charge in [0.05, 0.1) is 47.8 Å². The van der Waals surface area contributed by atoms with E-state index in [0.29, 0.717) is 60.8 Å². The Labute approximate surface area is 217 Å². The fourth-order valence-corrected chi connectivity index (χ4v) is 5.84. The summed E-state index contributed by atoms with van der Waals surface area (Å²) in [5.41, 5.74) is 0.375. The summed E-state index contributed by atoms with van der Waals surface area (Å²) >= 11 is 0. The number of pyridine rings is 3. The Bertz CT molecular complexity index is 1430. The average molecular weight is 525 g/mol. The van der Waals surface area contributed by atoms with E-state index in [1.807, 2.05) is 0 Å². The molecule has 1 saturated carbocycles. The van der Waals surface area contributed by atoms with E-state index in [9.17, 15) is 19.1 Å². The van der Waals surface area contributed by atoms with Crippen molar-refractivity contribution in [3.63, 3.8) is 0 Å². The van der Waals surface area contributed by atoms with Crippen molar-refractivity contribution in [1.82, 2.24) is 19.9 Å². The number of nitrogens with zero attached hydrogens (tertiary/aromatic N) is 3. The molecule has 0 spiro atoms. The highest BCUT2D eigenvalue weighted by Crippen LogP contribution is 2.46. The first-order chi connectivity index (χ1) is 18.4. The largest absolute Gasteiger partial charge is 0.486 e. The van der Waals surface area contributed by atoms with Gasteiger partial charge in [-0.3, -0.25) is 14.6 Å². The van der Waals surface area contributed by atoms with Gasteiger partial charge >= 0.3 is 0 Å². The van der Waals surface area contributed by atoms with Crippen LogP contribution in [0.1, 0.15) is 48.2 Å². The van der Waals surface area contributed by atoms with Crippen LogP contribution in [0.2, 0.25) is 0 Å². The van der Waals surface area contributed by atoms with Crippen LogP contribution in [0, 0.1) is 5.82 Å². The Hall–Kier alpha value is -3.57. The predicted octanol–water partition coefficient (Wildman–Crippen LogP) is 2.14. The summed E-state index contributed by atoms with van der Waals surface area (Å²) in [6, 6.07) is 4.56. The maximum Gasteiger partial charge on any atom is 0.270 e. The molecule has 1 amide bonds. The van der Waals surface area contributed by atoms with Crippen LogP contribution in [0.3, 0.4) is 0 Å². The van der Waals surface area contributed by atoms with E-state index in [-0.39, 0.29) is 30.3 Å². The molecule has 0 unspecified atom stereocenters. The molecule has 0 radical (unpaired) electrons. The Morgan fingerprint density at radius 3 is 2.63 bits per heavy atom. The zero-order valence-electron chi connectivity index (χ0n) is 20.9. The highest BCUT2D eigenvalue weighted by Gasteiger charge is 2.50. The number of aliphatic hydroxyl groups excluding tert-OH is 1. The van der Waals surface area contributed by atoms with Gasteiger partial charge in [-0.25, -0.2) is 9.37 Å². The third-order valence-electron chi connectivity index (χ3n) is 8.02. The van der Waals surface area contributed by atoms with Gasteiger partial charge in [0, 0.05) is 24.2 Å². The molecular formula is C27H29FN4O6. The zero-order valence-corrected chi connectivity index (χ0v) is 20.9. The lowest BCUT2D eigenvalue weighted by Gasteiger charge is -2.53. The van der Waals surface area contributed by atoms with Crippen molar-refractivity contribution in [2.24, 2.45) is 0 Å². The zero-order chi connectivity index (χ0) is 26.3. The number of carbonyl (C=O) groups is 1. The molecule has 200 valence electrons. The molecule has 3 aromatic rings. The summed E-state index contributed by atoms with van der Waals surface area (Å²) in [6.45, 7) is 1.07. The minimum absolute atomic E-state index is 0.0659. The van der Waals surface area contributed by atoms with E-state index >= 15 is 0 Å². The number of nitrogens with one attached hydrogen (secondary N) is 1. The van der Waals surface area contributed by atoms with Crippen LogP contribution in [0.15, 0.2) is 35.4 Å². The minimum atomic E-state index is -0.482. The van der Waals surface area contributed by atoms with Gasteiger partial charge in [0.25, 0.3) is 11.5 Å². The standard InChI is InChI=1S/C27H29FN4O6/c28-18-14-29-19-1-2-23(34)32(9-10-33)24(19)17(18)3-4-27-7-5-26(6-8-27,16-38-27)31-25(35)20-13-21-22(15-30-20)37-12-11-36-21/h1-2,13-15,33H,3-12,16H2,(H,31,35). The highest BCUT2D eigenvalue weighted by molar-refractivity contribution is 5.93. The Morgan fingerprint density at radius 2 is 1.89 bits per heavy atom. The molecule has 4 aliphatic rings.